The minimum absolute atomic E-state index is 0.0248. The Kier molecular flexibility index (Phi) is 7.15. The lowest BCUT2D eigenvalue weighted by Gasteiger charge is -2.15. The Bertz CT molecular complexity index is 611. The average Bonchev–Trinajstić information content (AvgIpc) is 2.60. The summed E-state index contributed by atoms with van der Waals surface area (Å²) in [6, 6.07) is 17.4. The number of hydrogen-bond acceptors (Lipinski definition) is 3. The summed E-state index contributed by atoms with van der Waals surface area (Å²) in [5.41, 5.74) is 1.06. The second kappa shape index (κ2) is 9.60. The van der Waals surface area contributed by atoms with E-state index in [2.05, 4.69) is 5.32 Å². The van der Waals surface area contributed by atoms with Crippen molar-refractivity contribution in [2.24, 2.45) is 0 Å². The smallest absolute Gasteiger partial charge is 0.220 e. The highest BCUT2D eigenvalue weighted by Gasteiger charge is 2.09. The van der Waals surface area contributed by atoms with Gasteiger partial charge in [0.25, 0.3) is 0 Å². The maximum Gasteiger partial charge on any atom is 0.220 e. The van der Waals surface area contributed by atoms with Crippen molar-refractivity contribution in [1.82, 2.24) is 5.32 Å². The number of hydrogen-bond donors (Lipinski definition) is 1. The SMILES string of the molecule is CCOc1ccc([C@H](C)NC(=O)CCCOc2ccccc2)cc1. The molecule has 0 radical (unpaired) electrons. The Hall–Kier alpha value is -2.49. The van der Waals surface area contributed by atoms with Gasteiger partial charge in [0.1, 0.15) is 11.5 Å². The van der Waals surface area contributed by atoms with Gasteiger partial charge in [0.15, 0.2) is 0 Å². The van der Waals surface area contributed by atoms with Gasteiger partial charge in [0.05, 0.1) is 19.3 Å². The highest BCUT2D eigenvalue weighted by Crippen LogP contribution is 2.17. The Morgan fingerprint density at radius 2 is 1.67 bits per heavy atom. The van der Waals surface area contributed by atoms with Crippen LogP contribution in [0.15, 0.2) is 54.6 Å². The number of benzene rings is 2. The molecule has 4 heteroatoms. The van der Waals surface area contributed by atoms with Crippen molar-refractivity contribution < 1.29 is 14.3 Å². The summed E-state index contributed by atoms with van der Waals surface area (Å²) in [5.74, 6) is 1.71. The summed E-state index contributed by atoms with van der Waals surface area (Å²) in [4.78, 5) is 12.0. The van der Waals surface area contributed by atoms with E-state index in [1.54, 1.807) is 0 Å². The van der Waals surface area contributed by atoms with Crippen LogP contribution in [-0.4, -0.2) is 19.1 Å². The van der Waals surface area contributed by atoms with Crippen LogP contribution in [0.2, 0.25) is 0 Å². The lowest BCUT2D eigenvalue weighted by molar-refractivity contribution is -0.121. The lowest BCUT2D eigenvalue weighted by atomic mass is 10.1. The monoisotopic (exact) mass is 327 g/mol. The zero-order valence-electron chi connectivity index (χ0n) is 14.3. The molecule has 2 aromatic carbocycles. The van der Waals surface area contributed by atoms with Crippen LogP contribution in [-0.2, 0) is 4.79 Å². The molecule has 0 aliphatic heterocycles. The molecule has 0 spiro atoms. The van der Waals surface area contributed by atoms with E-state index < -0.39 is 0 Å². The molecule has 0 heterocycles. The van der Waals surface area contributed by atoms with Gasteiger partial charge in [-0.25, -0.2) is 0 Å². The highest BCUT2D eigenvalue weighted by atomic mass is 16.5. The van der Waals surface area contributed by atoms with E-state index >= 15 is 0 Å². The van der Waals surface area contributed by atoms with Crippen molar-refractivity contribution in [3.05, 3.63) is 60.2 Å². The second-order valence-corrected chi connectivity index (χ2v) is 5.56. The summed E-state index contributed by atoms with van der Waals surface area (Å²) in [6.45, 7) is 5.12. The summed E-state index contributed by atoms with van der Waals surface area (Å²) in [7, 11) is 0. The van der Waals surface area contributed by atoms with Gasteiger partial charge in [-0.2, -0.15) is 0 Å². The predicted molar refractivity (Wildman–Crippen MR) is 95.3 cm³/mol. The van der Waals surface area contributed by atoms with E-state index in [4.69, 9.17) is 9.47 Å². The van der Waals surface area contributed by atoms with Crippen molar-refractivity contribution in [3.8, 4) is 11.5 Å². The fourth-order valence-electron chi connectivity index (χ4n) is 2.36. The van der Waals surface area contributed by atoms with Gasteiger partial charge in [-0.3, -0.25) is 4.79 Å². The molecule has 0 bridgehead atoms. The molecule has 1 amide bonds. The van der Waals surface area contributed by atoms with Crippen LogP contribution in [0.25, 0.3) is 0 Å². The Balaban J connectivity index is 1.69. The minimum atomic E-state index is -0.0248. The largest absolute Gasteiger partial charge is 0.494 e. The number of para-hydroxylation sites is 1. The van der Waals surface area contributed by atoms with E-state index in [-0.39, 0.29) is 11.9 Å². The first-order valence-electron chi connectivity index (χ1n) is 8.39. The molecular formula is C20H25NO3. The summed E-state index contributed by atoms with van der Waals surface area (Å²) < 4.78 is 11.0. The Morgan fingerprint density at radius 1 is 1.00 bits per heavy atom. The van der Waals surface area contributed by atoms with E-state index in [1.807, 2.05) is 68.4 Å². The molecule has 0 unspecified atom stereocenters. The molecule has 2 rings (SSSR count). The van der Waals surface area contributed by atoms with Crippen molar-refractivity contribution in [2.75, 3.05) is 13.2 Å². The maximum absolute atomic E-state index is 12.0. The number of carbonyl (C=O) groups is 1. The Labute approximate surface area is 143 Å². The van der Waals surface area contributed by atoms with Crippen LogP contribution in [0.4, 0.5) is 0 Å². The van der Waals surface area contributed by atoms with E-state index in [0.29, 0.717) is 26.1 Å². The molecule has 0 fully saturated rings. The standard InChI is InChI=1S/C20H25NO3/c1-3-23-19-13-11-17(12-14-19)16(2)21-20(22)10-7-15-24-18-8-5-4-6-9-18/h4-6,8-9,11-14,16H,3,7,10,15H2,1-2H3,(H,21,22)/t16-/m0/s1. The molecule has 1 atom stereocenters. The fourth-order valence-corrected chi connectivity index (χ4v) is 2.36. The third kappa shape index (κ3) is 5.95. The van der Waals surface area contributed by atoms with Crippen molar-refractivity contribution in [3.63, 3.8) is 0 Å². The van der Waals surface area contributed by atoms with E-state index in [0.717, 1.165) is 17.1 Å². The fraction of sp³-hybridized carbons (Fsp3) is 0.350. The first-order chi connectivity index (χ1) is 11.7. The molecule has 4 nitrogen and oxygen atoms in total. The molecule has 0 aromatic heterocycles. The van der Waals surface area contributed by atoms with E-state index in [1.165, 1.54) is 0 Å². The zero-order chi connectivity index (χ0) is 17.2. The number of ether oxygens (including phenoxy) is 2. The van der Waals surface area contributed by atoms with Crippen molar-refractivity contribution in [2.45, 2.75) is 32.7 Å². The molecule has 0 aliphatic rings. The first-order valence-corrected chi connectivity index (χ1v) is 8.39. The van der Waals surface area contributed by atoms with Gasteiger partial charge in [0.2, 0.25) is 5.91 Å². The van der Waals surface area contributed by atoms with Crippen molar-refractivity contribution in [1.29, 1.82) is 0 Å². The summed E-state index contributed by atoms with van der Waals surface area (Å²) >= 11 is 0. The molecule has 0 saturated heterocycles. The number of nitrogens with one attached hydrogen (secondary N) is 1. The van der Waals surface area contributed by atoms with Crippen molar-refractivity contribution >= 4 is 5.91 Å². The minimum Gasteiger partial charge on any atom is -0.494 e. The predicted octanol–water partition coefficient (Wildman–Crippen LogP) is 4.12. The number of rotatable bonds is 9. The topological polar surface area (TPSA) is 47.6 Å². The van der Waals surface area contributed by atoms with Gasteiger partial charge in [-0.05, 0) is 50.1 Å². The first kappa shape index (κ1) is 17.9. The van der Waals surface area contributed by atoms with Crippen LogP contribution in [0.1, 0.15) is 38.3 Å². The molecule has 2 aromatic rings. The van der Waals surface area contributed by atoms with Gasteiger partial charge in [-0.15, -0.1) is 0 Å². The third-order valence-electron chi connectivity index (χ3n) is 3.63. The van der Waals surface area contributed by atoms with Gasteiger partial charge in [-0.1, -0.05) is 30.3 Å². The molecule has 1 N–H and O–H groups in total. The Morgan fingerprint density at radius 3 is 2.33 bits per heavy atom. The van der Waals surface area contributed by atoms with Crippen LogP contribution in [0.3, 0.4) is 0 Å². The number of carbonyl (C=O) groups excluding carboxylic acids is 1. The molecule has 0 saturated carbocycles. The van der Waals surface area contributed by atoms with Crippen LogP contribution in [0, 0.1) is 0 Å². The number of amides is 1. The third-order valence-corrected chi connectivity index (χ3v) is 3.63. The van der Waals surface area contributed by atoms with Gasteiger partial charge < -0.3 is 14.8 Å². The maximum atomic E-state index is 12.0. The van der Waals surface area contributed by atoms with Gasteiger partial charge >= 0.3 is 0 Å². The van der Waals surface area contributed by atoms with Gasteiger partial charge in [0, 0.05) is 6.42 Å². The summed E-state index contributed by atoms with van der Waals surface area (Å²) in [5, 5.41) is 3.01. The van der Waals surface area contributed by atoms with E-state index in [9.17, 15) is 4.79 Å². The zero-order valence-corrected chi connectivity index (χ0v) is 14.3. The quantitative estimate of drug-likeness (QED) is 0.705. The normalized spacial score (nSPS) is 11.6. The van der Waals surface area contributed by atoms with Crippen LogP contribution < -0.4 is 14.8 Å². The van der Waals surface area contributed by atoms with Crippen LogP contribution >= 0.6 is 0 Å². The summed E-state index contributed by atoms with van der Waals surface area (Å²) in [6.07, 6.45) is 1.14. The molecular weight excluding hydrogens is 302 g/mol. The highest BCUT2D eigenvalue weighted by molar-refractivity contribution is 5.76. The second-order valence-electron chi connectivity index (χ2n) is 5.56. The molecule has 0 aliphatic carbocycles. The molecule has 24 heavy (non-hydrogen) atoms. The van der Waals surface area contributed by atoms with Crippen LogP contribution in [0.5, 0.6) is 11.5 Å². The average molecular weight is 327 g/mol. The molecule has 128 valence electrons. The lowest BCUT2D eigenvalue weighted by Crippen LogP contribution is -2.26.